The van der Waals surface area contributed by atoms with Crippen molar-refractivity contribution in [1.29, 1.82) is 0 Å². The van der Waals surface area contributed by atoms with Crippen molar-refractivity contribution in [2.45, 2.75) is 19.1 Å². The summed E-state index contributed by atoms with van der Waals surface area (Å²) in [6.07, 6.45) is 2.86. The largest absolute Gasteiger partial charge is 0.345 e. The molecule has 0 aliphatic carbocycles. The molecule has 1 amide bonds. The number of carbonyl (C=O) groups is 1. The summed E-state index contributed by atoms with van der Waals surface area (Å²) in [5.74, 6) is -0.272. The summed E-state index contributed by atoms with van der Waals surface area (Å²) in [6.45, 7) is -2.31. The van der Waals surface area contributed by atoms with E-state index in [0.29, 0.717) is 24.2 Å². The molecule has 1 atom stereocenters. The molecule has 1 fully saturated rings. The van der Waals surface area contributed by atoms with Gasteiger partial charge in [-0.15, -0.1) is 11.3 Å². The van der Waals surface area contributed by atoms with Crippen molar-refractivity contribution in [3.05, 3.63) is 41.5 Å². The van der Waals surface area contributed by atoms with Gasteiger partial charge in [0, 0.05) is 19.3 Å². The minimum Gasteiger partial charge on any atom is -0.336 e. The van der Waals surface area contributed by atoms with Crippen LogP contribution in [-0.4, -0.2) is 51.2 Å². The quantitative estimate of drug-likeness (QED) is 0.714. The smallest absolute Gasteiger partial charge is 0.336 e. The maximum Gasteiger partial charge on any atom is 0.345 e. The topological polar surface area (TPSA) is 59.7 Å². The van der Waals surface area contributed by atoms with E-state index in [4.69, 9.17) is 0 Å². The summed E-state index contributed by atoms with van der Waals surface area (Å²) in [6, 6.07) is 5.74. The molecule has 3 aromatic heterocycles. The average molecular weight is 364 g/mol. The molecule has 0 unspecified atom stereocenters. The summed E-state index contributed by atoms with van der Waals surface area (Å²) in [4.78, 5) is 19.5. The first-order valence-corrected chi connectivity index (χ1v) is 8.61. The fraction of sp³-hybridized carbons (Fsp3) is 0.312. The number of aromatic nitrogens is 3. The molecule has 1 aliphatic heterocycles. The molecule has 0 radical (unpaired) electrons. The van der Waals surface area contributed by atoms with Gasteiger partial charge < -0.3 is 9.64 Å². The van der Waals surface area contributed by atoms with Crippen LogP contribution in [0.15, 0.2) is 36.0 Å². The van der Waals surface area contributed by atoms with Gasteiger partial charge in [-0.3, -0.25) is 4.79 Å². The molecular formula is C16H14F2N4O2S. The zero-order chi connectivity index (χ0) is 17.4. The van der Waals surface area contributed by atoms with Crippen molar-refractivity contribution in [2.24, 2.45) is 0 Å². The number of hydrogen-bond acceptors (Lipinski definition) is 5. The van der Waals surface area contributed by atoms with Crippen LogP contribution < -0.4 is 0 Å². The van der Waals surface area contributed by atoms with Crippen LogP contribution in [0.25, 0.3) is 16.2 Å². The minimum absolute atomic E-state index is 0.144. The summed E-state index contributed by atoms with van der Waals surface area (Å²) in [5.41, 5.74) is 1.66. The highest BCUT2D eigenvalue weighted by atomic mass is 32.1. The standard InChI is InChI=1S/C16H14F2N4O2S/c17-16(18)24-10-4-6-21(9-10)15(23)11-8-20-22-12(3-5-19-14(11)22)13-2-1-7-25-13/h1-3,5,7-8,10,16H,4,6,9H2/t10-/m0/s1. The molecule has 3 aromatic rings. The summed E-state index contributed by atoms with van der Waals surface area (Å²) < 4.78 is 30.8. The predicted molar refractivity (Wildman–Crippen MR) is 87.7 cm³/mol. The Morgan fingerprint density at radius 3 is 3.04 bits per heavy atom. The molecule has 9 heteroatoms. The van der Waals surface area contributed by atoms with Gasteiger partial charge in [0.05, 0.1) is 22.9 Å². The Kier molecular flexibility index (Phi) is 4.18. The molecule has 6 nitrogen and oxygen atoms in total. The van der Waals surface area contributed by atoms with Crippen molar-refractivity contribution in [2.75, 3.05) is 13.1 Å². The summed E-state index contributed by atoms with van der Waals surface area (Å²) >= 11 is 1.57. The number of likely N-dealkylation sites (tertiary alicyclic amines) is 1. The van der Waals surface area contributed by atoms with Crippen LogP contribution in [0.4, 0.5) is 8.78 Å². The number of fused-ring (bicyclic) bond motifs is 1. The number of ether oxygens (including phenoxy) is 1. The first-order valence-electron chi connectivity index (χ1n) is 7.73. The van der Waals surface area contributed by atoms with E-state index in [1.807, 2.05) is 23.6 Å². The van der Waals surface area contributed by atoms with Crippen molar-refractivity contribution in [1.82, 2.24) is 19.5 Å². The third-order valence-corrected chi connectivity index (χ3v) is 5.03. The van der Waals surface area contributed by atoms with Crippen LogP contribution in [0.5, 0.6) is 0 Å². The zero-order valence-electron chi connectivity index (χ0n) is 13.0. The zero-order valence-corrected chi connectivity index (χ0v) is 13.8. The molecular weight excluding hydrogens is 350 g/mol. The lowest BCUT2D eigenvalue weighted by molar-refractivity contribution is -0.158. The monoisotopic (exact) mass is 364 g/mol. The number of amides is 1. The Labute approximate surface area is 145 Å². The third kappa shape index (κ3) is 3.00. The number of thiophene rings is 1. The van der Waals surface area contributed by atoms with E-state index in [2.05, 4.69) is 14.8 Å². The maximum absolute atomic E-state index is 12.7. The number of halogens is 2. The highest BCUT2D eigenvalue weighted by Gasteiger charge is 2.31. The maximum atomic E-state index is 12.7. The van der Waals surface area contributed by atoms with Gasteiger partial charge in [-0.1, -0.05) is 6.07 Å². The number of nitrogens with zero attached hydrogens (tertiary/aromatic N) is 4. The fourth-order valence-electron chi connectivity index (χ4n) is 2.99. The molecule has 0 N–H and O–H groups in total. The van der Waals surface area contributed by atoms with Crippen LogP contribution in [0, 0.1) is 0 Å². The third-order valence-electron chi connectivity index (χ3n) is 4.13. The van der Waals surface area contributed by atoms with Crippen LogP contribution in [0.3, 0.4) is 0 Å². The number of alkyl halides is 2. The lowest BCUT2D eigenvalue weighted by atomic mass is 10.3. The van der Waals surface area contributed by atoms with Gasteiger partial charge in [-0.25, -0.2) is 9.50 Å². The predicted octanol–water partition coefficient (Wildman–Crippen LogP) is 2.91. The molecule has 0 bridgehead atoms. The van der Waals surface area contributed by atoms with E-state index < -0.39 is 12.7 Å². The van der Waals surface area contributed by atoms with Gasteiger partial charge in [0.25, 0.3) is 5.91 Å². The van der Waals surface area contributed by atoms with Crippen molar-refractivity contribution >= 4 is 22.9 Å². The molecule has 4 heterocycles. The van der Waals surface area contributed by atoms with E-state index in [9.17, 15) is 13.6 Å². The Hall–Kier alpha value is -2.39. The highest BCUT2D eigenvalue weighted by molar-refractivity contribution is 7.13. The first kappa shape index (κ1) is 16.1. The van der Waals surface area contributed by atoms with E-state index in [0.717, 1.165) is 10.6 Å². The molecule has 1 aliphatic rings. The Balaban J connectivity index is 1.62. The average Bonchev–Trinajstić information content (AvgIpc) is 3.33. The van der Waals surface area contributed by atoms with Gasteiger partial charge in [0.1, 0.15) is 5.56 Å². The second kappa shape index (κ2) is 6.49. The highest BCUT2D eigenvalue weighted by Crippen LogP contribution is 2.26. The minimum atomic E-state index is -2.83. The molecule has 0 aromatic carbocycles. The molecule has 1 saturated heterocycles. The van der Waals surface area contributed by atoms with Crippen molar-refractivity contribution in [3.8, 4) is 10.6 Å². The normalized spacial score (nSPS) is 17.7. The lowest BCUT2D eigenvalue weighted by Crippen LogP contribution is -2.30. The molecule has 25 heavy (non-hydrogen) atoms. The first-order chi connectivity index (χ1) is 12.1. The Bertz CT molecular complexity index is 897. The van der Waals surface area contributed by atoms with Crippen LogP contribution in [-0.2, 0) is 4.74 Å². The second-order valence-electron chi connectivity index (χ2n) is 5.66. The summed E-state index contributed by atoms with van der Waals surface area (Å²) in [7, 11) is 0. The number of hydrogen-bond donors (Lipinski definition) is 0. The van der Waals surface area contributed by atoms with Gasteiger partial charge in [0.2, 0.25) is 0 Å². The molecule has 0 spiro atoms. The molecule has 4 rings (SSSR count). The Morgan fingerprint density at radius 1 is 1.40 bits per heavy atom. The summed E-state index contributed by atoms with van der Waals surface area (Å²) in [5, 5.41) is 6.26. The van der Waals surface area contributed by atoms with Crippen molar-refractivity contribution in [3.63, 3.8) is 0 Å². The molecule has 0 saturated carbocycles. The van der Waals surface area contributed by atoms with Crippen molar-refractivity contribution < 1.29 is 18.3 Å². The van der Waals surface area contributed by atoms with E-state index >= 15 is 0 Å². The van der Waals surface area contributed by atoms with Gasteiger partial charge >= 0.3 is 6.61 Å². The number of rotatable bonds is 4. The SMILES string of the molecule is O=C(c1cnn2c(-c3cccs3)ccnc12)N1CC[C@H](OC(F)F)C1. The number of carbonyl (C=O) groups excluding carboxylic acids is 1. The van der Waals surface area contributed by atoms with Gasteiger partial charge in [-0.05, 0) is 23.9 Å². The van der Waals surface area contributed by atoms with Crippen LogP contribution >= 0.6 is 11.3 Å². The van der Waals surface area contributed by atoms with Gasteiger partial charge in [-0.2, -0.15) is 13.9 Å². The van der Waals surface area contributed by atoms with E-state index in [1.54, 1.807) is 22.0 Å². The van der Waals surface area contributed by atoms with E-state index in [-0.39, 0.29) is 12.5 Å². The fourth-order valence-corrected chi connectivity index (χ4v) is 3.73. The van der Waals surface area contributed by atoms with E-state index in [1.165, 1.54) is 11.1 Å². The Morgan fingerprint density at radius 2 is 2.28 bits per heavy atom. The van der Waals surface area contributed by atoms with Crippen LogP contribution in [0.1, 0.15) is 16.8 Å². The van der Waals surface area contributed by atoms with Crippen LogP contribution in [0.2, 0.25) is 0 Å². The molecule has 130 valence electrons. The second-order valence-corrected chi connectivity index (χ2v) is 6.61. The lowest BCUT2D eigenvalue weighted by Gasteiger charge is -2.15. The van der Waals surface area contributed by atoms with Gasteiger partial charge in [0.15, 0.2) is 5.65 Å².